The van der Waals surface area contributed by atoms with Crippen molar-refractivity contribution in [1.29, 1.82) is 0 Å². The fourth-order valence-electron chi connectivity index (χ4n) is 2.50. The van der Waals surface area contributed by atoms with E-state index < -0.39 is 0 Å². The van der Waals surface area contributed by atoms with Crippen LogP contribution in [0.2, 0.25) is 0 Å². The molecular formula is C15H24N2S. The van der Waals surface area contributed by atoms with Crippen LogP contribution in [0.4, 0.5) is 0 Å². The molecule has 100 valence electrons. The molecule has 0 bridgehead atoms. The summed E-state index contributed by atoms with van der Waals surface area (Å²) >= 11 is 1.92. The highest BCUT2D eigenvalue weighted by atomic mass is 32.2. The van der Waals surface area contributed by atoms with E-state index in [4.69, 9.17) is 0 Å². The van der Waals surface area contributed by atoms with E-state index in [0.717, 1.165) is 6.54 Å². The molecule has 1 saturated heterocycles. The highest BCUT2D eigenvalue weighted by Gasteiger charge is 2.20. The van der Waals surface area contributed by atoms with Gasteiger partial charge in [0.2, 0.25) is 0 Å². The van der Waals surface area contributed by atoms with Gasteiger partial charge in [0.15, 0.2) is 0 Å². The zero-order chi connectivity index (χ0) is 12.6. The van der Waals surface area contributed by atoms with Crippen molar-refractivity contribution in [3.63, 3.8) is 0 Å². The van der Waals surface area contributed by atoms with Crippen LogP contribution < -0.4 is 5.32 Å². The summed E-state index contributed by atoms with van der Waals surface area (Å²) in [6.07, 6.45) is 4.66. The summed E-state index contributed by atoms with van der Waals surface area (Å²) in [5, 5.41) is 3.65. The highest BCUT2D eigenvalue weighted by Crippen LogP contribution is 2.10. The van der Waals surface area contributed by atoms with E-state index in [0.29, 0.717) is 6.04 Å². The lowest BCUT2D eigenvalue weighted by Gasteiger charge is -2.16. The van der Waals surface area contributed by atoms with E-state index >= 15 is 0 Å². The van der Waals surface area contributed by atoms with E-state index in [2.05, 4.69) is 46.8 Å². The Morgan fingerprint density at radius 2 is 2.17 bits per heavy atom. The summed E-state index contributed by atoms with van der Waals surface area (Å²) in [7, 11) is 0. The molecule has 1 atom stereocenters. The van der Waals surface area contributed by atoms with Gasteiger partial charge in [0.25, 0.3) is 0 Å². The third kappa shape index (κ3) is 4.63. The van der Waals surface area contributed by atoms with E-state index in [1.807, 2.05) is 11.8 Å². The number of nitrogens with zero attached hydrogens (tertiary/aromatic N) is 1. The van der Waals surface area contributed by atoms with Gasteiger partial charge in [-0.15, -0.1) is 0 Å². The normalized spacial score (nSPS) is 20.4. The van der Waals surface area contributed by atoms with E-state index in [1.165, 1.54) is 43.8 Å². The summed E-state index contributed by atoms with van der Waals surface area (Å²) in [6, 6.07) is 11.5. The Morgan fingerprint density at radius 1 is 1.33 bits per heavy atom. The number of hydrogen-bond donors (Lipinski definition) is 1. The van der Waals surface area contributed by atoms with Crippen LogP contribution in [0.25, 0.3) is 0 Å². The molecule has 0 aliphatic carbocycles. The fourth-order valence-corrected chi connectivity index (χ4v) is 2.82. The van der Waals surface area contributed by atoms with Crippen LogP contribution in [0.1, 0.15) is 12.0 Å². The summed E-state index contributed by atoms with van der Waals surface area (Å²) in [5.41, 5.74) is 1.45. The second-order valence-corrected chi connectivity index (χ2v) is 5.95. The first-order valence-electron chi connectivity index (χ1n) is 6.87. The number of likely N-dealkylation sites (tertiary alicyclic amines) is 1. The van der Waals surface area contributed by atoms with Gasteiger partial charge in [-0.3, -0.25) is 0 Å². The van der Waals surface area contributed by atoms with Crippen molar-refractivity contribution in [3.8, 4) is 0 Å². The maximum atomic E-state index is 3.65. The lowest BCUT2D eigenvalue weighted by atomic mass is 10.1. The first kappa shape index (κ1) is 13.9. The molecular weight excluding hydrogens is 240 g/mol. The monoisotopic (exact) mass is 264 g/mol. The number of nitrogens with one attached hydrogen (secondary N) is 1. The molecule has 1 unspecified atom stereocenters. The largest absolute Gasteiger partial charge is 0.312 e. The van der Waals surface area contributed by atoms with E-state index in [9.17, 15) is 0 Å². The van der Waals surface area contributed by atoms with E-state index in [1.54, 1.807) is 0 Å². The molecule has 0 saturated carbocycles. The highest BCUT2D eigenvalue weighted by molar-refractivity contribution is 7.98. The Morgan fingerprint density at radius 3 is 2.94 bits per heavy atom. The molecule has 2 nitrogen and oxygen atoms in total. The molecule has 3 heteroatoms. The van der Waals surface area contributed by atoms with Crippen LogP contribution in [0, 0.1) is 0 Å². The first-order valence-corrected chi connectivity index (χ1v) is 8.26. The van der Waals surface area contributed by atoms with Gasteiger partial charge in [-0.2, -0.15) is 11.8 Å². The molecule has 2 rings (SSSR count). The third-order valence-corrected chi connectivity index (χ3v) is 4.18. The minimum Gasteiger partial charge on any atom is -0.312 e. The second-order valence-electron chi connectivity index (χ2n) is 4.97. The minimum absolute atomic E-state index is 0.716. The van der Waals surface area contributed by atoms with Crippen LogP contribution in [-0.2, 0) is 6.42 Å². The van der Waals surface area contributed by atoms with Crippen molar-refractivity contribution in [2.45, 2.75) is 18.9 Å². The lowest BCUT2D eigenvalue weighted by molar-refractivity contribution is 0.332. The van der Waals surface area contributed by atoms with Crippen LogP contribution in [0.3, 0.4) is 0 Å². The number of benzene rings is 1. The molecule has 18 heavy (non-hydrogen) atoms. The lowest BCUT2D eigenvalue weighted by Crippen LogP contribution is -2.34. The van der Waals surface area contributed by atoms with Crippen molar-refractivity contribution in [3.05, 3.63) is 35.9 Å². The van der Waals surface area contributed by atoms with Crippen molar-refractivity contribution in [2.24, 2.45) is 0 Å². The SMILES string of the molecule is CSCCNC1CCN(CCc2ccccc2)C1. The van der Waals surface area contributed by atoms with Crippen molar-refractivity contribution >= 4 is 11.8 Å². The smallest absolute Gasteiger partial charge is 0.0207 e. The molecule has 0 amide bonds. The maximum absolute atomic E-state index is 3.65. The molecule has 0 radical (unpaired) electrons. The zero-order valence-corrected chi connectivity index (χ0v) is 12.1. The molecule has 1 heterocycles. The number of rotatable bonds is 7. The predicted octanol–water partition coefficient (Wildman–Crippen LogP) is 2.26. The van der Waals surface area contributed by atoms with Gasteiger partial charge in [0, 0.05) is 31.4 Å². The molecule has 0 spiro atoms. The Hall–Kier alpha value is -0.510. The third-order valence-electron chi connectivity index (χ3n) is 3.57. The quantitative estimate of drug-likeness (QED) is 0.761. The first-order chi connectivity index (χ1) is 8.88. The number of thioether (sulfide) groups is 1. The molecule has 1 aliphatic heterocycles. The standard InChI is InChI=1S/C15H24N2S/c1-18-12-9-16-15-8-11-17(13-15)10-7-14-5-3-2-4-6-14/h2-6,15-16H,7-13H2,1H3. The number of hydrogen-bond acceptors (Lipinski definition) is 3. The van der Waals surface area contributed by atoms with Gasteiger partial charge in [-0.05, 0) is 31.2 Å². The van der Waals surface area contributed by atoms with Crippen molar-refractivity contribution < 1.29 is 0 Å². The summed E-state index contributed by atoms with van der Waals surface area (Å²) in [5.74, 6) is 1.22. The predicted molar refractivity (Wildman–Crippen MR) is 81.4 cm³/mol. The average Bonchev–Trinajstić information content (AvgIpc) is 2.86. The molecule has 1 aromatic rings. The Bertz CT molecular complexity index is 329. The molecule has 1 aromatic carbocycles. The summed E-state index contributed by atoms with van der Waals surface area (Å²) in [4.78, 5) is 2.59. The molecule has 0 aromatic heterocycles. The van der Waals surface area contributed by atoms with Crippen LogP contribution in [0.15, 0.2) is 30.3 Å². The van der Waals surface area contributed by atoms with Gasteiger partial charge >= 0.3 is 0 Å². The Balaban J connectivity index is 1.64. The van der Waals surface area contributed by atoms with Crippen molar-refractivity contribution in [2.75, 3.05) is 38.2 Å². The minimum atomic E-state index is 0.716. The van der Waals surface area contributed by atoms with Gasteiger partial charge < -0.3 is 10.2 Å². The second kappa shape index (κ2) is 7.82. The molecule has 1 fully saturated rings. The fraction of sp³-hybridized carbons (Fsp3) is 0.600. The summed E-state index contributed by atoms with van der Waals surface area (Å²) in [6.45, 7) is 4.83. The van der Waals surface area contributed by atoms with E-state index in [-0.39, 0.29) is 0 Å². The van der Waals surface area contributed by atoms with Gasteiger partial charge in [-0.25, -0.2) is 0 Å². The zero-order valence-electron chi connectivity index (χ0n) is 11.3. The average molecular weight is 264 g/mol. The Kier molecular flexibility index (Phi) is 6.05. The van der Waals surface area contributed by atoms with Gasteiger partial charge in [0.1, 0.15) is 0 Å². The molecule has 1 N–H and O–H groups in total. The van der Waals surface area contributed by atoms with Crippen molar-refractivity contribution in [1.82, 2.24) is 10.2 Å². The maximum Gasteiger partial charge on any atom is 0.0207 e. The topological polar surface area (TPSA) is 15.3 Å². The van der Waals surface area contributed by atoms with Crippen LogP contribution in [0.5, 0.6) is 0 Å². The summed E-state index contributed by atoms with van der Waals surface area (Å²) < 4.78 is 0. The van der Waals surface area contributed by atoms with Crippen LogP contribution >= 0.6 is 11.8 Å². The Labute approximate surface area is 115 Å². The van der Waals surface area contributed by atoms with Crippen LogP contribution in [-0.4, -0.2) is 49.1 Å². The van der Waals surface area contributed by atoms with Gasteiger partial charge in [-0.1, -0.05) is 30.3 Å². The molecule has 1 aliphatic rings. The van der Waals surface area contributed by atoms with Gasteiger partial charge in [0.05, 0.1) is 0 Å².